The van der Waals surface area contributed by atoms with Gasteiger partial charge in [0.25, 0.3) is 0 Å². The van der Waals surface area contributed by atoms with E-state index < -0.39 is 0 Å². The Labute approximate surface area is 107 Å². The summed E-state index contributed by atoms with van der Waals surface area (Å²) in [6.07, 6.45) is 1.80. The normalized spacial score (nSPS) is 12.4. The molecule has 1 unspecified atom stereocenters. The number of rotatable bonds is 4. The molecule has 1 aromatic heterocycles. The lowest BCUT2D eigenvalue weighted by atomic mass is 9.99. The Morgan fingerprint density at radius 1 is 1.22 bits per heavy atom. The Balaban J connectivity index is 2.40. The molecule has 2 rings (SSSR count). The topological polar surface area (TPSA) is 24.9 Å². The van der Waals surface area contributed by atoms with Gasteiger partial charge in [-0.25, -0.2) is 4.39 Å². The van der Waals surface area contributed by atoms with Crippen molar-refractivity contribution >= 4 is 0 Å². The summed E-state index contributed by atoms with van der Waals surface area (Å²) < 4.78 is 13.9. The highest BCUT2D eigenvalue weighted by atomic mass is 19.1. The van der Waals surface area contributed by atoms with Crippen LogP contribution in [0.4, 0.5) is 4.39 Å². The molecule has 1 heterocycles. The van der Waals surface area contributed by atoms with Crippen LogP contribution in [0.25, 0.3) is 0 Å². The summed E-state index contributed by atoms with van der Waals surface area (Å²) in [5.41, 5.74) is 2.60. The monoisotopic (exact) mass is 244 g/mol. The van der Waals surface area contributed by atoms with Crippen LogP contribution in [0.5, 0.6) is 0 Å². The van der Waals surface area contributed by atoms with E-state index in [4.69, 9.17) is 0 Å². The van der Waals surface area contributed by atoms with Crippen molar-refractivity contribution in [2.75, 3.05) is 6.54 Å². The predicted molar refractivity (Wildman–Crippen MR) is 70.9 cm³/mol. The zero-order chi connectivity index (χ0) is 13.0. The molecule has 18 heavy (non-hydrogen) atoms. The Morgan fingerprint density at radius 2 is 2.00 bits per heavy atom. The van der Waals surface area contributed by atoms with Gasteiger partial charge < -0.3 is 5.32 Å². The highest BCUT2D eigenvalue weighted by molar-refractivity contribution is 5.31. The van der Waals surface area contributed by atoms with Crippen molar-refractivity contribution in [1.29, 1.82) is 0 Å². The van der Waals surface area contributed by atoms with Crippen LogP contribution in [0.15, 0.2) is 42.6 Å². The molecule has 0 aliphatic heterocycles. The second kappa shape index (κ2) is 5.74. The third-order valence-electron chi connectivity index (χ3n) is 2.89. The Morgan fingerprint density at radius 3 is 2.61 bits per heavy atom. The van der Waals surface area contributed by atoms with E-state index in [0.717, 1.165) is 17.8 Å². The molecule has 94 valence electrons. The fourth-order valence-electron chi connectivity index (χ4n) is 1.97. The number of aryl methyl sites for hydroxylation is 1. The van der Waals surface area contributed by atoms with Crippen molar-refractivity contribution in [3.05, 3.63) is 65.2 Å². The van der Waals surface area contributed by atoms with E-state index in [1.807, 2.05) is 38.1 Å². The smallest absolute Gasteiger partial charge is 0.128 e. The second-order valence-corrected chi connectivity index (χ2v) is 4.25. The first-order chi connectivity index (χ1) is 8.72. The maximum absolute atomic E-state index is 13.9. The molecule has 2 nitrogen and oxygen atoms in total. The Kier molecular flexibility index (Phi) is 4.05. The van der Waals surface area contributed by atoms with Gasteiger partial charge in [0.05, 0.1) is 6.04 Å². The average Bonchev–Trinajstić information content (AvgIpc) is 2.38. The molecular formula is C15H17FN2. The fraction of sp³-hybridized carbons (Fsp3) is 0.267. The van der Waals surface area contributed by atoms with Gasteiger partial charge in [-0.3, -0.25) is 4.98 Å². The van der Waals surface area contributed by atoms with Gasteiger partial charge in [-0.1, -0.05) is 31.2 Å². The maximum Gasteiger partial charge on any atom is 0.128 e. The third kappa shape index (κ3) is 2.74. The van der Waals surface area contributed by atoms with Crippen LogP contribution in [0.3, 0.4) is 0 Å². The van der Waals surface area contributed by atoms with E-state index in [1.165, 1.54) is 6.07 Å². The largest absolute Gasteiger partial charge is 0.306 e. The van der Waals surface area contributed by atoms with Crippen LogP contribution >= 0.6 is 0 Å². The van der Waals surface area contributed by atoms with E-state index in [-0.39, 0.29) is 11.9 Å². The minimum atomic E-state index is -0.191. The first-order valence-corrected chi connectivity index (χ1v) is 6.12. The van der Waals surface area contributed by atoms with Crippen LogP contribution in [0.1, 0.15) is 29.8 Å². The number of halogens is 1. The molecule has 0 spiro atoms. The summed E-state index contributed by atoms with van der Waals surface area (Å²) in [5.74, 6) is -0.191. The minimum Gasteiger partial charge on any atom is -0.306 e. The van der Waals surface area contributed by atoms with Gasteiger partial charge in [0.2, 0.25) is 0 Å². The fourth-order valence-corrected chi connectivity index (χ4v) is 1.97. The molecule has 0 saturated carbocycles. The molecule has 0 bridgehead atoms. The van der Waals surface area contributed by atoms with E-state index in [0.29, 0.717) is 5.56 Å². The van der Waals surface area contributed by atoms with Gasteiger partial charge in [0, 0.05) is 17.5 Å². The lowest BCUT2D eigenvalue weighted by molar-refractivity contribution is 0.558. The summed E-state index contributed by atoms with van der Waals surface area (Å²) in [6.45, 7) is 4.72. The number of hydrogen-bond acceptors (Lipinski definition) is 2. The number of nitrogens with zero attached hydrogens (tertiary/aromatic N) is 1. The molecule has 1 N–H and O–H groups in total. The van der Waals surface area contributed by atoms with Crippen molar-refractivity contribution in [3.63, 3.8) is 0 Å². The van der Waals surface area contributed by atoms with Gasteiger partial charge in [0.15, 0.2) is 0 Å². The van der Waals surface area contributed by atoms with E-state index in [1.54, 1.807) is 12.3 Å². The van der Waals surface area contributed by atoms with Crippen molar-refractivity contribution in [2.24, 2.45) is 0 Å². The van der Waals surface area contributed by atoms with E-state index in [9.17, 15) is 4.39 Å². The molecule has 1 aromatic carbocycles. The minimum absolute atomic E-state index is 0.149. The summed E-state index contributed by atoms with van der Waals surface area (Å²) in [5, 5.41) is 3.30. The zero-order valence-corrected chi connectivity index (χ0v) is 10.7. The molecule has 0 fully saturated rings. The van der Waals surface area contributed by atoms with Gasteiger partial charge >= 0.3 is 0 Å². The molecule has 1 atom stereocenters. The summed E-state index contributed by atoms with van der Waals surface area (Å²) in [4.78, 5) is 4.27. The quantitative estimate of drug-likeness (QED) is 0.893. The van der Waals surface area contributed by atoms with Crippen LogP contribution < -0.4 is 5.32 Å². The molecule has 0 amide bonds. The van der Waals surface area contributed by atoms with Crippen molar-refractivity contribution in [2.45, 2.75) is 19.9 Å². The number of benzene rings is 1. The lowest BCUT2D eigenvalue weighted by Crippen LogP contribution is -2.23. The van der Waals surface area contributed by atoms with Crippen molar-refractivity contribution in [1.82, 2.24) is 10.3 Å². The molecule has 3 heteroatoms. The summed E-state index contributed by atoms with van der Waals surface area (Å²) >= 11 is 0. The second-order valence-electron chi connectivity index (χ2n) is 4.25. The van der Waals surface area contributed by atoms with Crippen LogP contribution in [0, 0.1) is 12.7 Å². The van der Waals surface area contributed by atoms with Crippen LogP contribution in [-0.2, 0) is 0 Å². The average molecular weight is 244 g/mol. The number of aromatic nitrogens is 1. The van der Waals surface area contributed by atoms with E-state index >= 15 is 0 Å². The molecule has 0 aliphatic rings. The highest BCUT2D eigenvalue weighted by Gasteiger charge is 2.16. The first kappa shape index (κ1) is 12.7. The first-order valence-electron chi connectivity index (χ1n) is 6.12. The predicted octanol–water partition coefficient (Wildman–Crippen LogP) is 3.23. The molecule has 0 saturated heterocycles. The van der Waals surface area contributed by atoms with Gasteiger partial charge in [-0.05, 0) is 31.2 Å². The SMILES string of the molecule is CCNC(c1ccc(C)nc1)c1ccccc1F. The standard InChI is InChI=1S/C15H17FN2/c1-3-17-15(12-9-8-11(2)18-10-12)13-6-4-5-7-14(13)16/h4-10,15,17H,3H2,1-2H3. The van der Waals surface area contributed by atoms with E-state index in [2.05, 4.69) is 10.3 Å². The molecular weight excluding hydrogens is 227 g/mol. The maximum atomic E-state index is 13.9. The molecule has 0 radical (unpaired) electrons. The van der Waals surface area contributed by atoms with Crippen LogP contribution in [0.2, 0.25) is 0 Å². The number of pyridine rings is 1. The molecule has 2 aromatic rings. The van der Waals surface area contributed by atoms with Crippen LogP contribution in [-0.4, -0.2) is 11.5 Å². The van der Waals surface area contributed by atoms with Crippen molar-refractivity contribution < 1.29 is 4.39 Å². The number of nitrogens with one attached hydrogen (secondary N) is 1. The lowest BCUT2D eigenvalue weighted by Gasteiger charge is -2.19. The summed E-state index contributed by atoms with van der Waals surface area (Å²) in [7, 11) is 0. The van der Waals surface area contributed by atoms with Crippen molar-refractivity contribution in [3.8, 4) is 0 Å². The van der Waals surface area contributed by atoms with Gasteiger partial charge in [0.1, 0.15) is 5.82 Å². The highest BCUT2D eigenvalue weighted by Crippen LogP contribution is 2.23. The third-order valence-corrected chi connectivity index (χ3v) is 2.89. The van der Waals surface area contributed by atoms with Gasteiger partial charge in [-0.2, -0.15) is 0 Å². The number of hydrogen-bond donors (Lipinski definition) is 1. The Hall–Kier alpha value is -1.74. The summed E-state index contributed by atoms with van der Waals surface area (Å²) in [6, 6.07) is 10.6. The van der Waals surface area contributed by atoms with Gasteiger partial charge in [-0.15, -0.1) is 0 Å². The zero-order valence-electron chi connectivity index (χ0n) is 10.7. The molecule has 0 aliphatic carbocycles. The Bertz CT molecular complexity index is 508.